The summed E-state index contributed by atoms with van der Waals surface area (Å²) in [5, 5.41) is 8.76. The van der Waals surface area contributed by atoms with Crippen molar-refractivity contribution in [1.29, 1.82) is 0 Å². The molecule has 7 heteroatoms. The largest absolute Gasteiger partial charge is 0.326 e. The molecule has 0 fully saturated rings. The zero-order chi connectivity index (χ0) is 14.0. The number of aromatic nitrogens is 2. The quantitative estimate of drug-likeness (QED) is 0.895. The molecule has 2 N–H and O–H groups in total. The van der Waals surface area contributed by atoms with Gasteiger partial charge in [-0.25, -0.2) is 5.10 Å². The van der Waals surface area contributed by atoms with E-state index in [0.29, 0.717) is 16.9 Å². The van der Waals surface area contributed by atoms with Gasteiger partial charge in [0, 0.05) is 18.2 Å². The molecule has 0 saturated heterocycles. The van der Waals surface area contributed by atoms with E-state index in [4.69, 9.17) is 23.2 Å². The minimum Gasteiger partial charge on any atom is -0.326 e. The Morgan fingerprint density at radius 1 is 1.21 bits per heavy atom. The minimum absolute atomic E-state index is 0.0951. The van der Waals surface area contributed by atoms with Gasteiger partial charge in [0.15, 0.2) is 0 Å². The second-order valence-electron chi connectivity index (χ2n) is 3.79. The molecule has 5 nitrogen and oxygen atoms in total. The monoisotopic (exact) mass is 297 g/mol. The van der Waals surface area contributed by atoms with Gasteiger partial charge in [0.25, 0.3) is 5.56 Å². The Balaban J connectivity index is 2.40. The van der Waals surface area contributed by atoms with Gasteiger partial charge in [-0.15, -0.1) is 0 Å². The summed E-state index contributed by atoms with van der Waals surface area (Å²) in [6.07, 6.45) is 0. The van der Waals surface area contributed by atoms with Gasteiger partial charge in [0.2, 0.25) is 5.91 Å². The van der Waals surface area contributed by atoms with Gasteiger partial charge in [0.1, 0.15) is 10.7 Å². The zero-order valence-electron chi connectivity index (χ0n) is 9.83. The maximum absolute atomic E-state index is 11.2. The number of carbonyl (C=O) groups is 1. The predicted octanol–water partition coefficient (Wildman–Crippen LogP) is 2.70. The third-order valence-electron chi connectivity index (χ3n) is 2.35. The SMILES string of the molecule is CC(=O)Nc1ccc(-c2n[nH]c(=O)c(Cl)c2Cl)cc1. The molecule has 0 unspecified atom stereocenters. The molecule has 2 rings (SSSR count). The van der Waals surface area contributed by atoms with Crippen LogP contribution in [0.3, 0.4) is 0 Å². The summed E-state index contributed by atoms with van der Waals surface area (Å²) in [5.41, 5.74) is 1.17. The summed E-state index contributed by atoms with van der Waals surface area (Å²) < 4.78 is 0. The second kappa shape index (κ2) is 5.42. The Morgan fingerprint density at radius 2 is 1.84 bits per heavy atom. The van der Waals surface area contributed by atoms with Crippen LogP contribution >= 0.6 is 23.2 Å². The van der Waals surface area contributed by atoms with Gasteiger partial charge >= 0.3 is 0 Å². The van der Waals surface area contributed by atoms with E-state index in [0.717, 1.165) is 0 Å². The highest BCUT2D eigenvalue weighted by Gasteiger charge is 2.12. The number of nitrogens with one attached hydrogen (secondary N) is 2. The first-order valence-electron chi connectivity index (χ1n) is 5.30. The Kier molecular flexibility index (Phi) is 3.87. The van der Waals surface area contributed by atoms with E-state index >= 15 is 0 Å². The first-order valence-corrected chi connectivity index (χ1v) is 6.06. The minimum atomic E-state index is -0.537. The first-order chi connectivity index (χ1) is 8.99. The van der Waals surface area contributed by atoms with Crippen LogP contribution in [0.2, 0.25) is 10.0 Å². The fourth-order valence-corrected chi connectivity index (χ4v) is 1.88. The van der Waals surface area contributed by atoms with Crippen LogP contribution in [-0.2, 0) is 4.79 Å². The molecule has 98 valence electrons. The van der Waals surface area contributed by atoms with Gasteiger partial charge in [0.05, 0.1) is 5.02 Å². The lowest BCUT2D eigenvalue weighted by molar-refractivity contribution is -0.114. The van der Waals surface area contributed by atoms with Gasteiger partial charge in [-0.3, -0.25) is 9.59 Å². The molecule has 0 aliphatic heterocycles. The molecule has 0 saturated carbocycles. The third kappa shape index (κ3) is 2.94. The molecule has 0 atom stereocenters. The molecule has 1 aromatic carbocycles. The lowest BCUT2D eigenvalue weighted by Crippen LogP contribution is -2.10. The Hall–Kier alpha value is -1.85. The van der Waals surface area contributed by atoms with E-state index in [9.17, 15) is 9.59 Å². The van der Waals surface area contributed by atoms with Crippen molar-refractivity contribution >= 4 is 34.8 Å². The van der Waals surface area contributed by atoms with Crippen LogP contribution in [0.4, 0.5) is 5.69 Å². The molecule has 0 spiro atoms. The Labute approximate surface area is 118 Å². The summed E-state index contributed by atoms with van der Waals surface area (Å²) >= 11 is 11.7. The molecular formula is C12H9Cl2N3O2. The van der Waals surface area contributed by atoms with Gasteiger partial charge in [-0.2, -0.15) is 5.10 Å². The average molecular weight is 298 g/mol. The van der Waals surface area contributed by atoms with Gasteiger partial charge < -0.3 is 5.32 Å². The van der Waals surface area contributed by atoms with E-state index in [1.54, 1.807) is 24.3 Å². The van der Waals surface area contributed by atoms with E-state index < -0.39 is 5.56 Å². The van der Waals surface area contributed by atoms with Crippen LogP contribution in [0, 0.1) is 0 Å². The number of nitrogens with zero attached hydrogens (tertiary/aromatic N) is 1. The highest BCUT2D eigenvalue weighted by atomic mass is 35.5. The zero-order valence-corrected chi connectivity index (χ0v) is 11.3. The third-order valence-corrected chi connectivity index (χ3v) is 3.17. The van der Waals surface area contributed by atoms with E-state index in [-0.39, 0.29) is 16.0 Å². The van der Waals surface area contributed by atoms with Crippen molar-refractivity contribution in [3.05, 3.63) is 44.7 Å². The highest BCUT2D eigenvalue weighted by Crippen LogP contribution is 2.29. The van der Waals surface area contributed by atoms with Gasteiger partial charge in [-0.1, -0.05) is 35.3 Å². The fraction of sp³-hybridized carbons (Fsp3) is 0.0833. The number of anilines is 1. The maximum atomic E-state index is 11.2. The number of amides is 1. The lowest BCUT2D eigenvalue weighted by atomic mass is 10.1. The van der Waals surface area contributed by atoms with Crippen molar-refractivity contribution in [3.8, 4) is 11.3 Å². The molecule has 19 heavy (non-hydrogen) atoms. The first kappa shape index (κ1) is 13.6. The standard InChI is InChI=1S/C12H9Cl2N3O2/c1-6(18)15-8-4-2-7(3-5-8)11-9(13)10(14)12(19)17-16-11/h2-5H,1H3,(H,15,18)(H,17,19). The van der Waals surface area contributed by atoms with E-state index in [2.05, 4.69) is 15.5 Å². The normalized spacial score (nSPS) is 10.3. The number of carbonyl (C=O) groups excluding carboxylic acids is 1. The molecule has 1 amide bonds. The molecule has 1 heterocycles. The topological polar surface area (TPSA) is 74.8 Å². The van der Waals surface area contributed by atoms with Crippen molar-refractivity contribution < 1.29 is 4.79 Å². The van der Waals surface area contributed by atoms with Crippen molar-refractivity contribution in [3.63, 3.8) is 0 Å². The van der Waals surface area contributed by atoms with Crippen LogP contribution in [0.1, 0.15) is 6.92 Å². The molecule has 0 aliphatic rings. The summed E-state index contributed by atoms with van der Waals surface area (Å²) in [6.45, 7) is 1.42. The van der Waals surface area contributed by atoms with Crippen molar-refractivity contribution in [2.24, 2.45) is 0 Å². The number of hydrogen-bond acceptors (Lipinski definition) is 3. The van der Waals surface area contributed by atoms with Crippen molar-refractivity contribution in [2.45, 2.75) is 6.92 Å². The fourth-order valence-electron chi connectivity index (χ4n) is 1.51. The lowest BCUT2D eigenvalue weighted by Gasteiger charge is -2.06. The smallest absolute Gasteiger partial charge is 0.284 e. The number of halogens is 2. The maximum Gasteiger partial charge on any atom is 0.284 e. The number of benzene rings is 1. The number of H-pyrrole nitrogens is 1. The van der Waals surface area contributed by atoms with Gasteiger partial charge in [-0.05, 0) is 12.1 Å². The molecule has 2 aromatic rings. The molecule has 0 aliphatic carbocycles. The summed E-state index contributed by atoms with van der Waals surface area (Å²) in [7, 11) is 0. The van der Waals surface area contributed by atoms with Crippen LogP contribution in [-0.4, -0.2) is 16.1 Å². The summed E-state index contributed by atoms with van der Waals surface area (Å²) in [5.74, 6) is -0.156. The van der Waals surface area contributed by atoms with Crippen molar-refractivity contribution in [2.75, 3.05) is 5.32 Å². The van der Waals surface area contributed by atoms with Crippen LogP contribution < -0.4 is 10.9 Å². The number of aromatic amines is 1. The van der Waals surface area contributed by atoms with E-state index in [1.807, 2.05) is 0 Å². The predicted molar refractivity (Wildman–Crippen MR) is 74.6 cm³/mol. The molecular weight excluding hydrogens is 289 g/mol. The van der Waals surface area contributed by atoms with Crippen LogP contribution in [0.15, 0.2) is 29.1 Å². The Morgan fingerprint density at radius 3 is 2.42 bits per heavy atom. The Bertz CT molecular complexity index is 680. The average Bonchev–Trinajstić information content (AvgIpc) is 2.37. The molecule has 0 radical (unpaired) electrons. The van der Waals surface area contributed by atoms with Crippen molar-refractivity contribution in [1.82, 2.24) is 10.2 Å². The number of hydrogen-bond donors (Lipinski definition) is 2. The highest BCUT2D eigenvalue weighted by molar-refractivity contribution is 6.43. The number of rotatable bonds is 2. The van der Waals surface area contributed by atoms with Crippen LogP contribution in [0.25, 0.3) is 11.3 Å². The van der Waals surface area contributed by atoms with Crippen LogP contribution in [0.5, 0.6) is 0 Å². The summed E-state index contributed by atoms with van der Waals surface area (Å²) in [4.78, 5) is 22.1. The summed E-state index contributed by atoms with van der Waals surface area (Å²) in [6, 6.07) is 6.84. The van der Waals surface area contributed by atoms with E-state index in [1.165, 1.54) is 6.92 Å². The molecule has 0 bridgehead atoms. The second-order valence-corrected chi connectivity index (χ2v) is 4.54. The molecule has 1 aromatic heterocycles.